The van der Waals surface area contributed by atoms with Gasteiger partial charge in [0, 0.05) is 42.1 Å². The molecule has 8 atom stereocenters. The molecule has 0 fully saturated rings. The van der Waals surface area contributed by atoms with E-state index in [1.54, 1.807) is 6.07 Å². The number of dihydropyridines is 1. The lowest BCUT2D eigenvalue weighted by molar-refractivity contribution is -0.00713. The normalized spacial score (nSPS) is 26.5. The van der Waals surface area contributed by atoms with Crippen molar-refractivity contribution in [3.63, 3.8) is 0 Å². The van der Waals surface area contributed by atoms with Crippen molar-refractivity contribution in [1.29, 1.82) is 0 Å². The fraction of sp³-hybridized carbons (Fsp3) is 0.442. The highest BCUT2D eigenvalue weighted by molar-refractivity contribution is 5.44. The molecule has 3 aromatic rings. The number of ether oxygens (including phenoxy) is 1. The van der Waals surface area contributed by atoms with Crippen LogP contribution in [0.4, 0.5) is 0 Å². The van der Waals surface area contributed by atoms with Crippen LogP contribution in [0.5, 0.6) is 11.5 Å². The second-order valence-corrected chi connectivity index (χ2v) is 14.5. The molecule has 264 valence electrons. The molecule has 2 aliphatic carbocycles. The number of phenols is 1. The average molecular weight is 676 g/mol. The number of fused-ring (bicyclic) bond motifs is 1. The van der Waals surface area contributed by atoms with Gasteiger partial charge in [-0.2, -0.15) is 0 Å². The molecule has 0 radical (unpaired) electrons. The summed E-state index contributed by atoms with van der Waals surface area (Å²) in [5.41, 5.74) is 10.7. The molecular formula is C43H53N3O4. The summed E-state index contributed by atoms with van der Waals surface area (Å²) in [7, 11) is 0. The number of rotatable bonds is 11. The Bertz CT molecular complexity index is 1690. The highest BCUT2D eigenvalue weighted by Crippen LogP contribution is 2.39. The smallest absolute Gasteiger partial charge is 0.161 e. The van der Waals surface area contributed by atoms with E-state index in [2.05, 4.69) is 83.7 Å². The molecule has 0 saturated carbocycles. The van der Waals surface area contributed by atoms with Gasteiger partial charge in [-0.15, -0.1) is 0 Å². The van der Waals surface area contributed by atoms with Gasteiger partial charge < -0.3 is 36.1 Å². The van der Waals surface area contributed by atoms with E-state index >= 15 is 0 Å². The van der Waals surface area contributed by atoms with Gasteiger partial charge in [0.05, 0.1) is 24.6 Å². The zero-order valence-corrected chi connectivity index (χ0v) is 29.2. The van der Waals surface area contributed by atoms with E-state index in [1.807, 2.05) is 30.5 Å². The first-order valence-electron chi connectivity index (χ1n) is 18.4. The van der Waals surface area contributed by atoms with E-state index in [0.29, 0.717) is 43.5 Å². The van der Waals surface area contributed by atoms with Crippen molar-refractivity contribution < 1.29 is 20.1 Å². The standard InChI is InChI=1S/C43H53N3O4/c1-29(24-30-8-3-2-4-9-30)31-10-5-6-12-39(48)43-32(14-13-31)15-16-33(26-40(43)49)34-17-18-38(47)41(27-34)50-23-20-36(25-37-11-7-21-45-37)35-19-22-46-42(44)28-35/h2-4,7-9,11,15-19,21,27-29,31-33,36,39-40,43,45-49H,5-6,10,12,20,22-26,44H2,1H3/t29-,31+,32-,33-,36-,39+,40-,43-/m1/s1. The maximum Gasteiger partial charge on any atom is 0.161 e. The second kappa shape index (κ2) is 17.0. The molecule has 2 heterocycles. The van der Waals surface area contributed by atoms with Gasteiger partial charge in [-0.1, -0.05) is 86.2 Å². The van der Waals surface area contributed by atoms with E-state index < -0.39 is 12.2 Å². The summed E-state index contributed by atoms with van der Waals surface area (Å²) in [4.78, 5) is 3.31. The van der Waals surface area contributed by atoms with Gasteiger partial charge in [0.1, 0.15) is 0 Å². The van der Waals surface area contributed by atoms with Gasteiger partial charge in [-0.05, 0) is 97.4 Å². The lowest BCUT2D eigenvalue weighted by atomic mass is 9.78. The number of hydrogen-bond donors (Lipinski definition) is 6. The minimum absolute atomic E-state index is 0.0872. The van der Waals surface area contributed by atoms with Crippen molar-refractivity contribution in [2.45, 2.75) is 76.4 Å². The highest BCUT2D eigenvalue weighted by atomic mass is 16.5. The number of aliphatic hydroxyl groups excluding tert-OH is 2. The molecule has 0 bridgehead atoms. The lowest BCUT2D eigenvalue weighted by Gasteiger charge is -2.31. The summed E-state index contributed by atoms with van der Waals surface area (Å²) in [6, 6.07) is 20.2. The molecule has 7 N–H and O–H groups in total. The summed E-state index contributed by atoms with van der Waals surface area (Å²) in [6.07, 6.45) is 15.6. The van der Waals surface area contributed by atoms with Crippen LogP contribution in [-0.2, 0) is 12.8 Å². The topological polar surface area (TPSA) is 124 Å². The van der Waals surface area contributed by atoms with Crippen LogP contribution >= 0.6 is 0 Å². The monoisotopic (exact) mass is 675 g/mol. The molecule has 50 heavy (non-hydrogen) atoms. The third kappa shape index (κ3) is 9.24. The summed E-state index contributed by atoms with van der Waals surface area (Å²) < 4.78 is 6.24. The Balaban J connectivity index is 1.16. The minimum atomic E-state index is -0.727. The Kier molecular flexibility index (Phi) is 12.1. The third-order valence-electron chi connectivity index (χ3n) is 10.8. The number of hydrogen-bond acceptors (Lipinski definition) is 6. The minimum Gasteiger partial charge on any atom is -0.504 e. The van der Waals surface area contributed by atoms with Crippen molar-refractivity contribution in [2.24, 2.45) is 35.3 Å². The Morgan fingerprint density at radius 1 is 0.960 bits per heavy atom. The number of allylic oxidation sites excluding steroid dienone is 4. The first kappa shape index (κ1) is 35.4. The molecule has 7 heteroatoms. The summed E-state index contributed by atoms with van der Waals surface area (Å²) in [5.74, 6) is 8.49. The first-order valence-corrected chi connectivity index (χ1v) is 18.4. The van der Waals surface area contributed by atoms with Gasteiger partial charge in [-0.25, -0.2) is 0 Å². The van der Waals surface area contributed by atoms with Gasteiger partial charge in [0.2, 0.25) is 0 Å². The van der Waals surface area contributed by atoms with Crippen molar-refractivity contribution in [1.82, 2.24) is 10.3 Å². The Hall–Kier alpha value is -4.38. The zero-order valence-electron chi connectivity index (χ0n) is 29.2. The number of aromatic amines is 1. The number of aromatic hydroxyl groups is 1. The van der Waals surface area contributed by atoms with E-state index in [9.17, 15) is 15.3 Å². The fourth-order valence-corrected chi connectivity index (χ4v) is 7.94. The molecule has 2 aromatic carbocycles. The maximum atomic E-state index is 11.6. The van der Waals surface area contributed by atoms with Crippen molar-refractivity contribution >= 4 is 0 Å². The van der Waals surface area contributed by atoms with Gasteiger partial charge in [-0.3, -0.25) is 0 Å². The van der Waals surface area contributed by atoms with Crippen LogP contribution in [0.1, 0.15) is 68.2 Å². The van der Waals surface area contributed by atoms with E-state index in [-0.39, 0.29) is 35.3 Å². The Morgan fingerprint density at radius 2 is 1.80 bits per heavy atom. The molecule has 3 aliphatic rings. The van der Waals surface area contributed by atoms with Crippen LogP contribution in [0, 0.1) is 41.4 Å². The number of benzene rings is 2. The first-order chi connectivity index (χ1) is 24.3. The molecule has 7 nitrogen and oxygen atoms in total. The number of aromatic nitrogens is 1. The van der Waals surface area contributed by atoms with Crippen molar-refractivity contribution in [3.05, 3.63) is 119 Å². The quantitative estimate of drug-likeness (QED) is 0.0988. The van der Waals surface area contributed by atoms with Crippen molar-refractivity contribution in [3.8, 4) is 23.3 Å². The van der Waals surface area contributed by atoms with Gasteiger partial charge >= 0.3 is 0 Å². The Morgan fingerprint density at radius 3 is 2.60 bits per heavy atom. The van der Waals surface area contributed by atoms with Gasteiger partial charge in [0.25, 0.3) is 0 Å². The average Bonchev–Trinajstić information content (AvgIpc) is 3.57. The predicted molar refractivity (Wildman–Crippen MR) is 199 cm³/mol. The zero-order chi connectivity index (χ0) is 34.9. The molecule has 0 amide bonds. The fourth-order valence-electron chi connectivity index (χ4n) is 7.94. The maximum absolute atomic E-state index is 11.6. The number of nitrogens with two attached hydrogens (primary N) is 1. The van der Waals surface area contributed by atoms with E-state index in [1.165, 1.54) is 11.1 Å². The second-order valence-electron chi connectivity index (χ2n) is 14.5. The number of H-pyrrole nitrogens is 1. The van der Waals surface area contributed by atoms with Crippen LogP contribution in [0.25, 0.3) is 0 Å². The lowest BCUT2D eigenvalue weighted by Crippen LogP contribution is -2.37. The summed E-state index contributed by atoms with van der Waals surface area (Å²) in [6.45, 7) is 3.41. The van der Waals surface area contributed by atoms with Crippen LogP contribution in [0.15, 0.2) is 103 Å². The molecule has 6 rings (SSSR count). The van der Waals surface area contributed by atoms with E-state index in [4.69, 9.17) is 10.5 Å². The SMILES string of the molecule is C[C@H](Cc1ccccc1)[C@@H]1C#C[C@@H]2C=C[C@@H](c3ccc(O)c(OCC[C@H](Cc4ccc[nH]4)C4=CCNC(N)=C4)c3)C[C@@H](O)[C@H]2[C@@H](O)CCCC1. The molecule has 0 spiro atoms. The number of aliphatic hydroxyl groups is 2. The number of phenolic OH excluding ortho intramolecular Hbond substituents is 1. The highest BCUT2D eigenvalue weighted by Gasteiger charge is 2.36. The predicted octanol–water partition coefficient (Wildman–Crippen LogP) is 6.75. The van der Waals surface area contributed by atoms with Gasteiger partial charge in [0.15, 0.2) is 11.5 Å². The van der Waals surface area contributed by atoms with Crippen LogP contribution in [0.3, 0.4) is 0 Å². The summed E-state index contributed by atoms with van der Waals surface area (Å²) in [5, 5.41) is 36.9. The van der Waals surface area contributed by atoms with Crippen LogP contribution in [-0.4, -0.2) is 45.7 Å². The van der Waals surface area contributed by atoms with Crippen LogP contribution in [0.2, 0.25) is 0 Å². The van der Waals surface area contributed by atoms with Crippen molar-refractivity contribution in [2.75, 3.05) is 13.2 Å². The molecule has 1 aliphatic heterocycles. The number of nitrogens with one attached hydrogen (secondary N) is 2. The molecular weight excluding hydrogens is 622 g/mol. The Labute approximate surface area is 297 Å². The molecule has 0 saturated heterocycles. The summed E-state index contributed by atoms with van der Waals surface area (Å²) >= 11 is 0. The largest absolute Gasteiger partial charge is 0.504 e. The third-order valence-corrected chi connectivity index (χ3v) is 10.8. The van der Waals surface area contributed by atoms with Crippen LogP contribution < -0.4 is 15.8 Å². The molecule has 0 unspecified atom stereocenters. The van der Waals surface area contributed by atoms with E-state index in [0.717, 1.165) is 49.8 Å². The molecule has 1 aromatic heterocycles.